The van der Waals surface area contributed by atoms with Gasteiger partial charge in [0, 0.05) is 12.1 Å². The monoisotopic (exact) mass is 359 g/mol. The Morgan fingerprint density at radius 1 is 1.28 bits per heavy atom. The van der Waals surface area contributed by atoms with Crippen molar-refractivity contribution in [3.8, 4) is 0 Å². The molecule has 2 amide bonds. The smallest absolute Gasteiger partial charge is 0.240 e. The van der Waals surface area contributed by atoms with Crippen LogP contribution in [0.1, 0.15) is 49.7 Å². The lowest BCUT2D eigenvalue weighted by Crippen LogP contribution is -2.28. The van der Waals surface area contributed by atoms with Crippen molar-refractivity contribution in [2.45, 2.75) is 63.7 Å². The summed E-state index contributed by atoms with van der Waals surface area (Å²) in [5.41, 5.74) is 2.92. The summed E-state index contributed by atoms with van der Waals surface area (Å²) in [4.78, 5) is 29.1. The third-order valence-electron chi connectivity index (χ3n) is 4.69. The number of nitrogens with zero attached hydrogens (tertiary/aromatic N) is 1. The molecule has 0 radical (unpaired) electrons. The first kappa shape index (κ1) is 18.0. The SMILES string of the molecule is Cc1ccc(C)c(NC(=O)C[C@@H]2SC(=NC3CCCCC3)NC2=O)c1. The molecule has 0 aromatic heterocycles. The van der Waals surface area contributed by atoms with Gasteiger partial charge in [0.2, 0.25) is 11.8 Å². The van der Waals surface area contributed by atoms with E-state index in [0.717, 1.165) is 29.7 Å². The molecule has 1 saturated heterocycles. The maximum Gasteiger partial charge on any atom is 0.240 e. The zero-order valence-corrected chi connectivity index (χ0v) is 15.6. The van der Waals surface area contributed by atoms with E-state index in [1.54, 1.807) is 0 Å². The van der Waals surface area contributed by atoms with E-state index in [9.17, 15) is 9.59 Å². The van der Waals surface area contributed by atoms with Crippen molar-refractivity contribution in [1.82, 2.24) is 5.32 Å². The zero-order chi connectivity index (χ0) is 17.8. The maximum atomic E-state index is 12.3. The molecule has 6 heteroatoms. The predicted molar refractivity (Wildman–Crippen MR) is 103 cm³/mol. The third kappa shape index (κ3) is 4.84. The second kappa shape index (κ2) is 8.04. The van der Waals surface area contributed by atoms with Crippen LogP contribution >= 0.6 is 11.8 Å². The summed E-state index contributed by atoms with van der Waals surface area (Å²) in [6.45, 7) is 3.95. The maximum absolute atomic E-state index is 12.3. The van der Waals surface area contributed by atoms with Crippen LogP contribution in [0.3, 0.4) is 0 Å². The lowest BCUT2D eigenvalue weighted by Gasteiger charge is -2.17. The van der Waals surface area contributed by atoms with Crippen molar-refractivity contribution in [2.24, 2.45) is 4.99 Å². The van der Waals surface area contributed by atoms with Crippen LogP contribution in [0.15, 0.2) is 23.2 Å². The van der Waals surface area contributed by atoms with Crippen LogP contribution in [-0.4, -0.2) is 28.3 Å². The van der Waals surface area contributed by atoms with Gasteiger partial charge >= 0.3 is 0 Å². The molecule has 0 unspecified atom stereocenters. The van der Waals surface area contributed by atoms with E-state index in [2.05, 4.69) is 15.6 Å². The van der Waals surface area contributed by atoms with E-state index in [1.165, 1.54) is 31.0 Å². The number of amidine groups is 1. The first-order valence-corrected chi connectivity index (χ1v) is 9.81. The average molecular weight is 359 g/mol. The van der Waals surface area contributed by atoms with Crippen molar-refractivity contribution < 1.29 is 9.59 Å². The molecule has 1 aromatic rings. The topological polar surface area (TPSA) is 70.6 Å². The van der Waals surface area contributed by atoms with Crippen molar-refractivity contribution in [2.75, 3.05) is 5.32 Å². The number of hydrogen-bond donors (Lipinski definition) is 2. The minimum absolute atomic E-state index is 0.115. The Morgan fingerprint density at radius 2 is 2.04 bits per heavy atom. The molecule has 1 aromatic carbocycles. The molecule has 5 nitrogen and oxygen atoms in total. The Kier molecular flexibility index (Phi) is 5.78. The fourth-order valence-electron chi connectivity index (χ4n) is 3.22. The molecule has 1 heterocycles. The van der Waals surface area contributed by atoms with Gasteiger partial charge in [-0.1, -0.05) is 43.2 Å². The lowest BCUT2D eigenvalue weighted by molar-refractivity contribution is -0.122. The van der Waals surface area contributed by atoms with Crippen molar-refractivity contribution in [3.63, 3.8) is 0 Å². The summed E-state index contributed by atoms with van der Waals surface area (Å²) >= 11 is 1.39. The molecule has 1 atom stereocenters. The van der Waals surface area contributed by atoms with Crippen LogP contribution in [0.2, 0.25) is 0 Å². The Morgan fingerprint density at radius 3 is 2.80 bits per heavy atom. The average Bonchev–Trinajstić information content (AvgIpc) is 2.91. The number of hydrogen-bond acceptors (Lipinski definition) is 4. The van der Waals surface area contributed by atoms with Gasteiger partial charge in [-0.05, 0) is 43.9 Å². The molecule has 2 aliphatic rings. The summed E-state index contributed by atoms with van der Waals surface area (Å²) in [5, 5.41) is 6.04. The molecular formula is C19H25N3O2S. The van der Waals surface area contributed by atoms with E-state index in [4.69, 9.17) is 0 Å². The van der Waals surface area contributed by atoms with E-state index in [-0.39, 0.29) is 18.2 Å². The largest absolute Gasteiger partial charge is 0.326 e. The predicted octanol–water partition coefficient (Wildman–Crippen LogP) is 3.55. The second-order valence-electron chi connectivity index (χ2n) is 6.89. The number of aryl methyl sites for hydroxylation is 2. The molecule has 3 rings (SSSR count). The number of benzene rings is 1. The van der Waals surface area contributed by atoms with Gasteiger partial charge in [-0.25, -0.2) is 0 Å². The minimum Gasteiger partial charge on any atom is -0.326 e. The highest BCUT2D eigenvalue weighted by Gasteiger charge is 2.32. The van der Waals surface area contributed by atoms with Crippen molar-refractivity contribution in [3.05, 3.63) is 29.3 Å². The fourth-order valence-corrected chi connectivity index (χ4v) is 4.26. The Balaban J connectivity index is 1.57. The molecule has 2 fully saturated rings. The van der Waals surface area contributed by atoms with Gasteiger partial charge in [0.05, 0.1) is 6.04 Å². The van der Waals surface area contributed by atoms with Gasteiger partial charge in [-0.3, -0.25) is 14.6 Å². The summed E-state index contributed by atoms with van der Waals surface area (Å²) in [5.74, 6) is -0.254. The van der Waals surface area contributed by atoms with Crippen LogP contribution in [0.5, 0.6) is 0 Å². The minimum atomic E-state index is -0.396. The first-order chi connectivity index (χ1) is 12.0. The van der Waals surface area contributed by atoms with E-state index < -0.39 is 5.25 Å². The first-order valence-electron chi connectivity index (χ1n) is 8.93. The third-order valence-corrected chi connectivity index (χ3v) is 5.78. The molecule has 1 aliphatic carbocycles. The Hall–Kier alpha value is -1.82. The zero-order valence-electron chi connectivity index (χ0n) is 14.8. The van der Waals surface area contributed by atoms with Gasteiger partial charge in [-0.2, -0.15) is 0 Å². The van der Waals surface area contributed by atoms with Crippen LogP contribution in [0.4, 0.5) is 5.69 Å². The van der Waals surface area contributed by atoms with Gasteiger partial charge in [0.1, 0.15) is 5.25 Å². The number of thioether (sulfide) groups is 1. The normalized spacial score (nSPS) is 22.9. The summed E-state index contributed by atoms with van der Waals surface area (Å²) in [6, 6.07) is 6.26. The highest BCUT2D eigenvalue weighted by Crippen LogP contribution is 2.27. The summed E-state index contributed by atoms with van der Waals surface area (Å²) in [7, 11) is 0. The molecule has 1 aliphatic heterocycles. The van der Waals surface area contributed by atoms with Gasteiger partial charge in [0.15, 0.2) is 5.17 Å². The lowest BCUT2D eigenvalue weighted by atomic mass is 9.96. The molecule has 25 heavy (non-hydrogen) atoms. The molecule has 0 spiro atoms. The van der Waals surface area contributed by atoms with Crippen LogP contribution in [-0.2, 0) is 9.59 Å². The van der Waals surface area contributed by atoms with E-state index >= 15 is 0 Å². The number of rotatable bonds is 4. The number of nitrogens with one attached hydrogen (secondary N) is 2. The molecule has 1 saturated carbocycles. The number of carbonyl (C=O) groups excluding carboxylic acids is 2. The molecule has 0 bridgehead atoms. The van der Waals surface area contributed by atoms with Crippen LogP contribution in [0.25, 0.3) is 0 Å². The number of amides is 2. The number of aliphatic imine (C=N–C) groups is 1. The molecule has 2 N–H and O–H groups in total. The summed E-state index contributed by atoms with van der Waals surface area (Å²) in [6.07, 6.45) is 6.05. The Labute approximate surface area is 153 Å². The highest BCUT2D eigenvalue weighted by molar-refractivity contribution is 8.15. The summed E-state index contributed by atoms with van der Waals surface area (Å²) < 4.78 is 0. The fraction of sp³-hybridized carbons (Fsp3) is 0.526. The quantitative estimate of drug-likeness (QED) is 0.864. The van der Waals surface area contributed by atoms with Gasteiger partial charge in [0.25, 0.3) is 0 Å². The Bertz CT molecular complexity index is 696. The van der Waals surface area contributed by atoms with E-state index in [1.807, 2.05) is 32.0 Å². The molecular weight excluding hydrogens is 334 g/mol. The standard InChI is InChI=1S/C19H25N3O2S/c1-12-8-9-13(2)15(10-12)21-17(23)11-16-18(24)22-19(25-16)20-14-6-4-3-5-7-14/h8-10,14,16H,3-7,11H2,1-2H3,(H,21,23)(H,20,22,24)/t16-/m0/s1. The number of carbonyl (C=O) groups is 2. The van der Waals surface area contributed by atoms with Crippen LogP contribution in [0, 0.1) is 13.8 Å². The van der Waals surface area contributed by atoms with Gasteiger partial charge in [-0.15, -0.1) is 0 Å². The van der Waals surface area contributed by atoms with Crippen molar-refractivity contribution >= 4 is 34.4 Å². The number of anilines is 1. The van der Waals surface area contributed by atoms with Crippen molar-refractivity contribution in [1.29, 1.82) is 0 Å². The van der Waals surface area contributed by atoms with E-state index in [0.29, 0.717) is 11.2 Å². The second-order valence-corrected chi connectivity index (χ2v) is 8.08. The van der Waals surface area contributed by atoms with Gasteiger partial charge < -0.3 is 10.6 Å². The highest BCUT2D eigenvalue weighted by atomic mass is 32.2. The van der Waals surface area contributed by atoms with Crippen LogP contribution < -0.4 is 10.6 Å². The molecule has 134 valence electrons.